The van der Waals surface area contributed by atoms with Crippen molar-refractivity contribution < 1.29 is 4.74 Å². The molecule has 1 aromatic rings. The number of benzene rings is 1. The monoisotopic (exact) mass is 233 g/mol. The molecule has 0 aromatic heterocycles. The van der Waals surface area contributed by atoms with Crippen LogP contribution in [0.25, 0.3) is 0 Å². The maximum Gasteiger partial charge on any atom is 0.122 e. The molecule has 1 fully saturated rings. The van der Waals surface area contributed by atoms with Gasteiger partial charge in [-0.1, -0.05) is 31.5 Å². The second kappa shape index (κ2) is 6.06. The van der Waals surface area contributed by atoms with Crippen molar-refractivity contribution in [1.82, 2.24) is 5.32 Å². The van der Waals surface area contributed by atoms with E-state index in [1.807, 2.05) is 0 Å². The third-order valence-electron chi connectivity index (χ3n) is 3.85. The molecular formula is C15H23NO. The van der Waals surface area contributed by atoms with Gasteiger partial charge in [-0.25, -0.2) is 0 Å². The first kappa shape index (κ1) is 12.4. The molecule has 1 aromatic carbocycles. The van der Waals surface area contributed by atoms with Gasteiger partial charge in [0.05, 0.1) is 7.11 Å². The summed E-state index contributed by atoms with van der Waals surface area (Å²) in [6.45, 7) is 4.38. The number of nitrogens with one attached hydrogen (secondary N) is 1. The molecule has 17 heavy (non-hydrogen) atoms. The predicted molar refractivity (Wildman–Crippen MR) is 71.6 cm³/mol. The number of hydrogen-bond donors (Lipinski definition) is 1. The van der Waals surface area contributed by atoms with Crippen LogP contribution in [0.2, 0.25) is 0 Å². The van der Waals surface area contributed by atoms with Crippen LogP contribution in [0.3, 0.4) is 0 Å². The minimum absolute atomic E-state index is 0.671. The van der Waals surface area contributed by atoms with Crippen molar-refractivity contribution in [3.8, 4) is 5.75 Å². The largest absolute Gasteiger partial charge is 0.496 e. The fourth-order valence-corrected chi connectivity index (χ4v) is 2.99. The zero-order chi connectivity index (χ0) is 12.1. The minimum atomic E-state index is 0.671. The summed E-state index contributed by atoms with van der Waals surface area (Å²) in [4.78, 5) is 0. The van der Waals surface area contributed by atoms with Gasteiger partial charge in [-0.15, -0.1) is 0 Å². The highest BCUT2D eigenvalue weighted by atomic mass is 16.5. The first-order valence-corrected chi connectivity index (χ1v) is 6.70. The second-order valence-corrected chi connectivity index (χ2v) is 4.85. The Kier molecular flexibility index (Phi) is 4.43. The molecular weight excluding hydrogens is 210 g/mol. The fraction of sp³-hybridized carbons (Fsp3) is 0.600. The van der Waals surface area contributed by atoms with Gasteiger partial charge in [0.2, 0.25) is 0 Å². The molecule has 0 spiro atoms. The van der Waals surface area contributed by atoms with Crippen molar-refractivity contribution in [1.29, 1.82) is 0 Å². The highest BCUT2D eigenvalue weighted by molar-refractivity contribution is 5.37. The van der Waals surface area contributed by atoms with Crippen LogP contribution < -0.4 is 10.1 Å². The summed E-state index contributed by atoms with van der Waals surface area (Å²) in [5.41, 5.74) is 1.40. The second-order valence-electron chi connectivity index (χ2n) is 4.85. The van der Waals surface area contributed by atoms with Gasteiger partial charge in [-0.3, -0.25) is 0 Å². The Balaban J connectivity index is 2.14. The average Bonchev–Trinajstić information content (AvgIpc) is 2.84. The Morgan fingerprint density at radius 1 is 1.29 bits per heavy atom. The number of ether oxygens (including phenoxy) is 1. The number of para-hydroxylation sites is 1. The van der Waals surface area contributed by atoms with E-state index in [-0.39, 0.29) is 0 Å². The van der Waals surface area contributed by atoms with E-state index in [0.29, 0.717) is 5.92 Å². The Labute approximate surface area is 104 Å². The molecule has 1 aliphatic rings. The van der Waals surface area contributed by atoms with Crippen LogP contribution in [0.15, 0.2) is 24.3 Å². The molecule has 94 valence electrons. The smallest absolute Gasteiger partial charge is 0.122 e. The standard InChI is InChI=1S/C15H23NO/c1-3-16-11-12-7-6-9-13(12)14-8-4-5-10-15(14)17-2/h4-5,8,10,12-13,16H,3,6-7,9,11H2,1-2H3. The Hall–Kier alpha value is -1.02. The predicted octanol–water partition coefficient (Wildman–Crippen LogP) is 3.19. The van der Waals surface area contributed by atoms with Crippen molar-refractivity contribution in [2.75, 3.05) is 20.2 Å². The molecule has 0 aliphatic heterocycles. The highest BCUT2D eigenvalue weighted by Crippen LogP contribution is 2.42. The summed E-state index contributed by atoms with van der Waals surface area (Å²) >= 11 is 0. The van der Waals surface area contributed by atoms with Gasteiger partial charge < -0.3 is 10.1 Å². The third kappa shape index (κ3) is 2.81. The molecule has 1 N–H and O–H groups in total. The molecule has 0 bridgehead atoms. The van der Waals surface area contributed by atoms with Crippen LogP contribution in [0.1, 0.15) is 37.7 Å². The van der Waals surface area contributed by atoms with E-state index in [1.54, 1.807) is 7.11 Å². The van der Waals surface area contributed by atoms with Crippen LogP contribution in [-0.4, -0.2) is 20.2 Å². The Morgan fingerprint density at radius 3 is 2.88 bits per heavy atom. The Morgan fingerprint density at radius 2 is 2.12 bits per heavy atom. The molecule has 2 nitrogen and oxygen atoms in total. The quantitative estimate of drug-likeness (QED) is 0.843. The summed E-state index contributed by atoms with van der Waals surface area (Å²) in [6.07, 6.45) is 3.99. The molecule has 0 amide bonds. The molecule has 0 heterocycles. The number of hydrogen-bond acceptors (Lipinski definition) is 2. The summed E-state index contributed by atoms with van der Waals surface area (Å²) < 4.78 is 5.49. The summed E-state index contributed by atoms with van der Waals surface area (Å²) in [6, 6.07) is 8.49. The SMILES string of the molecule is CCNCC1CCCC1c1ccccc1OC. The van der Waals surface area contributed by atoms with E-state index >= 15 is 0 Å². The van der Waals surface area contributed by atoms with E-state index in [4.69, 9.17) is 4.74 Å². The first-order chi connectivity index (χ1) is 8.36. The van der Waals surface area contributed by atoms with Gasteiger partial charge in [-0.2, -0.15) is 0 Å². The molecule has 0 radical (unpaired) electrons. The maximum atomic E-state index is 5.49. The minimum Gasteiger partial charge on any atom is -0.496 e. The van der Waals surface area contributed by atoms with Gasteiger partial charge in [0.25, 0.3) is 0 Å². The zero-order valence-corrected chi connectivity index (χ0v) is 10.9. The number of methoxy groups -OCH3 is 1. The Bertz CT molecular complexity index is 351. The number of rotatable bonds is 5. The van der Waals surface area contributed by atoms with Crippen molar-refractivity contribution >= 4 is 0 Å². The third-order valence-corrected chi connectivity index (χ3v) is 3.85. The maximum absolute atomic E-state index is 5.49. The van der Waals surface area contributed by atoms with Crippen molar-refractivity contribution in [3.63, 3.8) is 0 Å². The topological polar surface area (TPSA) is 21.3 Å². The van der Waals surface area contributed by atoms with Crippen LogP contribution in [0.5, 0.6) is 5.75 Å². The fourth-order valence-electron chi connectivity index (χ4n) is 2.99. The first-order valence-electron chi connectivity index (χ1n) is 6.70. The molecule has 2 rings (SSSR count). The molecule has 2 atom stereocenters. The normalized spacial score (nSPS) is 23.9. The van der Waals surface area contributed by atoms with Crippen molar-refractivity contribution in [3.05, 3.63) is 29.8 Å². The lowest BCUT2D eigenvalue weighted by Gasteiger charge is -2.22. The summed E-state index contributed by atoms with van der Waals surface area (Å²) in [5, 5.41) is 3.49. The lowest BCUT2D eigenvalue weighted by molar-refractivity contribution is 0.390. The van der Waals surface area contributed by atoms with E-state index in [0.717, 1.165) is 24.8 Å². The van der Waals surface area contributed by atoms with E-state index in [9.17, 15) is 0 Å². The molecule has 0 saturated heterocycles. The van der Waals surface area contributed by atoms with Gasteiger partial charge in [-0.05, 0) is 49.4 Å². The van der Waals surface area contributed by atoms with Gasteiger partial charge in [0.15, 0.2) is 0 Å². The van der Waals surface area contributed by atoms with Gasteiger partial charge in [0.1, 0.15) is 5.75 Å². The molecule has 2 unspecified atom stereocenters. The van der Waals surface area contributed by atoms with Gasteiger partial charge >= 0.3 is 0 Å². The molecule has 2 heteroatoms. The molecule has 1 saturated carbocycles. The van der Waals surface area contributed by atoms with Crippen LogP contribution >= 0.6 is 0 Å². The summed E-state index contributed by atoms with van der Waals surface area (Å²) in [7, 11) is 1.77. The lowest BCUT2D eigenvalue weighted by atomic mass is 9.88. The van der Waals surface area contributed by atoms with Crippen LogP contribution in [0.4, 0.5) is 0 Å². The van der Waals surface area contributed by atoms with E-state index in [1.165, 1.54) is 24.8 Å². The van der Waals surface area contributed by atoms with Crippen molar-refractivity contribution in [2.24, 2.45) is 5.92 Å². The zero-order valence-electron chi connectivity index (χ0n) is 10.9. The van der Waals surface area contributed by atoms with E-state index < -0.39 is 0 Å². The lowest BCUT2D eigenvalue weighted by Crippen LogP contribution is -2.24. The van der Waals surface area contributed by atoms with Crippen molar-refractivity contribution in [2.45, 2.75) is 32.1 Å². The molecule has 1 aliphatic carbocycles. The average molecular weight is 233 g/mol. The summed E-state index contributed by atoms with van der Waals surface area (Å²) in [5.74, 6) is 2.50. The van der Waals surface area contributed by atoms with Crippen LogP contribution in [0, 0.1) is 5.92 Å². The van der Waals surface area contributed by atoms with Gasteiger partial charge in [0, 0.05) is 0 Å². The van der Waals surface area contributed by atoms with E-state index in [2.05, 4.69) is 36.5 Å². The van der Waals surface area contributed by atoms with Crippen LogP contribution in [-0.2, 0) is 0 Å². The highest BCUT2D eigenvalue weighted by Gasteiger charge is 2.29.